The third kappa shape index (κ3) is 4.69. The van der Waals surface area contributed by atoms with Crippen LogP contribution in [-0.2, 0) is 6.18 Å². The zero-order valence-electron chi connectivity index (χ0n) is 14.4. The lowest BCUT2D eigenvalue weighted by Crippen LogP contribution is -2.49. The average Bonchev–Trinajstić information content (AvgIpc) is 3.18. The van der Waals surface area contributed by atoms with Crippen molar-refractivity contribution in [1.29, 1.82) is 0 Å². The summed E-state index contributed by atoms with van der Waals surface area (Å²) in [6.07, 6.45) is -3.32. The van der Waals surface area contributed by atoms with Gasteiger partial charge in [-0.15, -0.1) is 22.6 Å². The van der Waals surface area contributed by atoms with Crippen molar-refractivity contribution in [2.45, 2.75) is 45.3 Å². The van der Waals surface area contributed by atoms with Gasteiger partial charge in [-0.2, -0.15) is 22.8 Å². The van der Waals surface area contributed by atoms with Gasteiger partial charge in [0, 0.05) is 12.1 Å². The molecular weight excluding hydrogens is 377 g/mol. The molecule has 0 aliphatic rings. The lowest BCUT2D eigenvalue weighted by atomic mass is 9.94. The average molecular weight is 397 g/mol. The van der Waals surface area contributed by atoms with Gasteiger partial charge in [-0.05, 0) is 19.8 Å². The lowest BCUT2D eigenvalue weighted by Gasteiger charge is -2.26. The minimum absolute atomic E-state index is 0. The SMILES string of the molecule is CCC(N)(CC)CNC(=O)c1nc(C)n(-c2n[nH]c(C(F)(F)F)n2)n1.Cl. The molecule has 1 amide bonds. The maximum atomic E-state index is 12.6. The number of nitrogens with one attached hydrogen (secondary N) is 2. The zero-order chi connectivity index (χ0) is 18.8. The molecule has 0 saturated heterocycles. The van der Waals surface area contributed by atoms with Crippen LogP contribution in [0.4, 0.5) is 13.2 Å². The molecule has 146 valence electrons. The monoisotopic (exact) mass is 396 g/mol. The number of aromatic amines is 1. The summed E-state index contributed by atoms with van der Waals surface area (Å²) < 4.78 is 38.7. The molecule has 0 aliphatic heterocycles. The predicted octanol–water partition coefficient (Wildman–Crippen LogP) is 1.38. The first-order chi connectivity index (χ1) is 11.6. The Balaban J connectivity index is 0.00000338. The molecule has 0 fully saturated rings. The molecule has 0 atom stereocenters. The van der Waals surface area contributed by atoms with Crippen LogP contribution in [0.2, 0.25) is 0 Å². The molecule has 9 nitrogen and oxygen atoms in total. The highest BCUT2D eigenvalue weighted by atomic mass is 35.5. The van der Waals surface area contributed by atoms with E-state index in [2.05, 4.69) is 25.5 Å². The number of aryl methyl sites for hydroxylation is 1. The third-order valence-electron chi connectivity index (χ3n) is 3.91. The van der Waals surface area contributed by atoms with E-state index in [1.165, 1.54) is 6.92 Å². The number of nitrogens with zero attached hydrogens (tertiary/aromatic N) is 5. The summed E-state index contributed by atoms with van der Waals surface area (Å²) >= 11 is 0. The maximum Gasteiger partial charge on any atom is 0.451 e. The fourth-order valence-electron chi connectivity index (χ4n) is 1.99. The van der Waals surface area contributed by atoms with Gasteiger partial charge in [0.1, 0.15) is 5.82 Å². The zero-order valence-corrected chi connectivity index (χ0v) is 15.2. The van der Waals surface area contributed by atoms with Crippen molar-refractivity contribution in [3.05, 3.63) is 17.5 Å². The Kier molecular flexibility index (Phi) is 6.71. The summed E-state index contributed by atoms with van der Waals surface area (Å²) in [5, 5.41) is 11.7. The van der Waals surface area contributed by atoms with Crippen LogP contribution >= 0.6 is 12.4 Å². The second kappa shape index (κ2) is 7.99. The Morgan fingerprint density at radius 1 is 1.27 bits per heavy atom. The van der Waals surface area contributed by atoms with Crippen LogP contribution in [0.25, 0.3) is 5.95 Å². The van der Waals surface area contributed by atoms with Crippen LogP contribution in [0.15, 0.2) is 0 Å². The van der Waals surface area contributed by atoms with Gasteiger partial charge in [0.2, 0.25) is 11.6 Å². The van der Waals surface area contributed by atoms with Gasteiger partial charge in [0.15, 0.2) is 0 Å². The Labute approximate surface area is 153 Å². The van der Waals surface area contributed by atoms with Crippen LogP contribution in [0.1, 0.15) is 49.0 Å². The first kappa shape index (κ1) is 21.8. The number of rotatable bonds is 6. The van der Waals surface area contributed by atoms with Gasteiger partial charge >= 0.3 is 6.18 Å². The summed E-state index contributed by atoms with van der Waals surface area (Å²) in [6.45, 7) is 5.52. The van der Waals surface area contributed by atoms with Crippen molar-refractivity contribution in [2.24, 2.45) is 5.73 Å². The van der Waals surface area contributed by atoms with E-state index >= 15 is 0 Å². The lowest BCUT2D eigenvalue weighted by molar-refractivity contribution is -0.144. The van der Waals surface area contributed by atoms with E-state index in [1.807, 2.05) is 13.8 Å². The standard InChI is InChI=1S/C13H19F3N8O.ClH/c1-4-12(17,5-2)6-18-9(25)8-19-7(3)24(23-8)11-20-10(21-22-11)13(14,15)16;/h4-6,17H2,1-3H3,(H,18,25)(H,20,21,22);1H. The maximum absolute atomic E-state index is 12.6. The Morgan fingerprint density at radius 3 is 2.38 bits per heavy atom. The molecule has 2 aromatic rings. The molecule has 2 heterocycles. The molecule has 0 unspecified atom stereocenters. The van der Waals surface area contributed by atoms with E-state index in [9.17, 15) is 18.0 Å². The van der Waals surface area contributed by atoms with Crippen LogP contribution in [0.5, 0.6) is 0 Å². The fourth-order valence-corrected chi connectivity index (χ4v) is 1.99. The van der Waals surface area contributed by atoms with Gasteiger partial charge in [-0.1, -0.05) is 13.8 Å². The fraction of sp³-hybridized carbons (Fsp3) is 0.615. The van der Waals surface area contributed by atoms with E-state index in [-0.39, 0.29) is 36.5 Å². The number of nitrogens with two attached hydrogens (primary N) is 1. The van der Waals surface area contributed by atoms with Crippen molar-refractivity contribution in [1.82, 2.24) is 35.3 Å². The molecule has 0 saturated carbocycles. The van der Waals surface area contributed by atoms with Gasteiger partial charge in [0.25, 0.3) is 11.9 Å². The van der Waals surface area contributed by atoms with Crippen LogP contribution in [-0.4, -0.2) is 47.9 Å². The van der Waals surface area contributed by atoms with Crippen LogP contribution in [0, 0.1) is 6.92 Å². The number of carbonyl (C=O) groups is 1. The number of alkyl halides is 3. The number of H-pyrrole nitrogens is 1. The molecule has 0 bridgehead atoms. The van der Waals surface area contributed by atoms with Gasteiger partial charge in [0.05, 0.1) is 0 Å². The first-order valence-electron chi connectivity index (χ1n) is 7.60. The van der Waals surface area contributed by atoms with Crippen molar-refractivity contribution < 1.29 is 18.0 Å². The van der Waals surface area contributed by atoms with Crippen molar-refractivity contribution >= 4 is 18.3 Å². The number of carbonyl (C=O) groups excluding carboxylic acids is 1. The first-order valence-corrected chi connectivity index (χ1v) is 7.60. The van der Waals surface area contributed by atoms with Gasteiger partial charge < -0.3 is 11.1 Å². The molecule has 2 rings (SSSR count). The van der Waals surface area contributed by atoms with E-state index in [0.717, 1.165) is 4.68 Å². The molecule has 13 heteroatoms. The van der Waals surface area contributed by atoms with Crippen LogP contribution < -0.4 is 11.1 Å². The molecule has 26 heavy (non-hydrogen) atoms. The summed E-state index contributed by atoms with van der Waals surface area (Å²) in [5.74, 6) is -2.23. The Hall–Kier alpha value is -2.21. The highest BCUT2D eigenvalue weighted by Crippen LogP contribution is 2.26. The van der Waals surface area contributed by atoms with E-state index in [4.69, 9.17) is 5.73 Å². The second-order valence-electron chi connectivity index (χ2n) is 5.63. The molecule has 2 aromatic heterocycles. The molecular formula is C13H20ClF3N8O. The molecule has 0 aliphatic carbocycles. The van der Waals surface area contributed by atoms with Crippen molar-refractivity contribution in [3.8, 4) is 5.95 Å². The number of hydrogen-bond acceptors (Lipinski definition) is 6. The molecule has 0 aromatic carbocycles. The number of halogens is 4. The summed E-state index contributed by atoms with van der Waals surface area (Å²) in [4.78, 5) is 19.4. The molecule has 4 N–H and O–H groups in total. The molecule has 0 spiro atoms. The Bertz CT molecular complexity index is 753. The van der Waals surface area contributed by atoms with Crippen molar-refractivity contribution in [2.75, 3.05) is 6.54 Å². The number of amides is 1. The Morgan fingerprint density at radius 2 is 1.88 bits per heavy atom. The number of aromatic nitrogens is 6. The van der Waals surface area contributed by atoms with E-state index in [1.54, 1.807) is 5.10 Å². The quantitative estimate of drug-likeness (QED) is 0.676. The smallest absolute Gasteiger partial charge is 0.347 e. The largest absolute Gasteiger partial charge is 0.451 e. The highest BCUT2D eigenvalue weighted by molar-refractivity contribution is 5.90. The second-order valence-corrected chi connectivity index (χ2v) is 5.63. The van der Waals surface area contributed by atoms with Crippen LogP contribution in [0.3, 0.4) is 0 Å². The topological polar surface area (TPSA) is 127 Å². The summed E-state index contributed by atoms with van der Waals surface area (Å²) in [5.41, 5.74) is 5.56. The summed E-state index contributed by atoms with van der Waals surface area (Å²) in [7, 11) is 0. The summed E-state index contributed by atoms with van der Waals surface area (Å²) in [6, 6.07) is 0. The molecule has 0 radical (unpaired) electrons. The third-order valence-corrected chi connectivity index (χ3v) is 3.91. The van der Waals surface area contributed by atoms with Gasteiger partial charge in [-0.25, -0.2) is 4.98 Å². The number of hydrogen-bond donors (Lipinski definition) is 3. The van der Waals surface area contributed by atoms with E-state index in [0.29, 0.717) is 12.8 Å². The van der Waals surface area contributed by atoms with Crippen molar-refractivity contribution in [3.63, 3.8) is 0 Å². The normalized spacial score (nSPS) is 12.0. The predicted molar refractivity (Wildman–Crippen MR) is 88.1 cm³/mol. The van der Waals surface area contributed by atoms with Gasteiger partial charge in [-0.3, -0.25) is 9.89 Å². The van der Waals surface area contributed by atoms with E-state index < -0.39 is 23.4 Å². The minimum atomic E-state index is -4.66. The highest BCUT2D eigenvalue weighted by Gasteiger charge is 2.36. The minimum Gasteiger partial charge on any atom is -0.347 e.